The molecule has 0 saturated carbocycles. The Kier molecular flexibility index (Phi) is 3.97. The molecule has 2 aromatic carbocycles. The minimum atomic E-state index is -3.69. The molecular formula is C14H14FNO2S. The van der Waals surface area contributed by atoms with Crippen molar-refractivity contribution in [2.45, 2.75) is 18.4 Å². The fourth-order valence-electron chi connectivity index (χ4n) is 1.70. The van der Waals surface area contributed by atoms with Crippen molar-refractivity contribution in [3.05, 3.63) is 65.5 Å². The lowest BCUT2D eigenvalue weighted by molar-refractivity contribution is 0.577. The molecule has 0 fully saturated rings. The smallest absolute Gasteiger partial charge is 0.207 e. The van der Waals surface area contributed by atoms with Gasteiger partial charge in [-0.1, -0.05) is 30.3 Å². The second kappa shape index (κ2) is 5.50. The standard InChI is InChI=1S/C14H14FNO2S/c1-11-5-2-3-6-12(11)10-16-19(17,18)14-8-4-7-13(15)9-14/h2-9,16H,10H2,1H3. The molecule has 2 rings (SSSR count). The van der Waals surface area contributed by atoms with Gasteiger partial charge < -0.3 is 0 Å². The third kappa shape index (κ3) is 3.39. The van der Waals surface area contributed by atoms with Crippen molar-refractivity contribution < 1.29 is 12.8 Å². The van der Waals surface area contributed by atoms with Gasteiger partial charge in [0.1, 0.15) is 5.82 Å². The van der Waals surface area contributed by atoms with Crippen molar-refractivity contribution in [1.29, 1.82) is 0 Å². The maximum Gasteiger partial charge on any atom is 0.240 e. The van der Waals surface area contributed by atoms with Crippen molar-refractivity contribution >= 4 is 10.0 Å². The molecule has 0 aromatic heterocycles. The number of nitrogens with one attached hydrogen (secondary N) is 1. The predicted octanol–water partition coefficient (Wildman–Crippen LogP) is 2.61. The summed E-state index contributed by atoms with van der Waals surface area (Å²) in [6.45, 7) is 2.09. The molecule has 0 radical (unpaired) electrons. The van der Waals surface area contributed by atoms with E-state index in [1.807, 2.05) is 31.2 Å². The van der Waals surface area contributed by atoms with Crippen LogP contribution in [-0.4, -0.2) is 8.42 Å². The first-order valence-corrected chi connectivity index (χ1v) is 7.27. The van der Waals surface area contributed by atoms with Crippen LogP contribution in [0.3, 0.4) is 0 Å². The van der Waals surface area contributed by atoms with Crippen LogP contribution < -0.4 is 4.72 Å². The molecule has 0 amide bonds. The van der Waals surface area contributed by atoms with E-state index in [4.69, 9.17) is 0 Å². The monoisotopic (exact) mass is 279 g/mol. The first-order chi connectivity index (χ1) is 8.99. The SMILES string of the molecule is Cc1ccccc1CNS(=O)(=O)c1cccc(F)c1. The molecule has 0 aliphatic carbocycles. The summed E-state index contributed by atoms with van der Waals surface area (Å²) in [6, 6.07) is 12.4. The summed E-state index contributed by atoms with van der Waals surface area (Å²) in [4.78, 5) is -0.0684. The molecule has 0 unspecified atom stereocenters. The number of aryl methyl sites for hydroxylation is 1. The van der Waals surface area contributed by atoms with Gasteiger partial charge in [-0.05, 0) is 36.2 Å². The van der Waals surface area contributed by atoms with Gasteiger partial charge in [0.25, 0.3) is 0 Å². The second-order valence-corrected chi connectivity index (χ2v) is 5.98. The summed E-state index contributed by atoms with van der Waals surface area (Å²) >= 11 is 0. The fraction of sp³-hybridized carbons (Fsp3) is 0.143. The minimum absolute atomic E-state index is 0.0684. The van der Waals surface area contributed by atoms with Crippen LogP contribution >= 0.6 is 0 Å². The molecule has 100 valence electrons. The third-order valence-corrected chi connectivity index (χ3v) is 4.22. The number of hydrogen-bond acceptors (Lipinski definition) is 2. The lowest BCUT2D eigenvalue weighted by Crippen LogP contribution is -2.23. The fourth-order valence-corrected chi connectivity index (χ4v) is 2.74. The summed E-state index contributed by atoms with van der Waals surface area (Å²) in [7, 11) is -3.69. The Labute approximate surface area is 112 Å². The van der Waals surface area contributed by atoms with Gasteiger partial charge in [-0.25, -0.2) is 17.5 Å². The molecule has 0 aliphatic heterocycles. The van der Waals surface area contributed by atoms with Crippen LogP contribution in [0, 0.1) is 12.7 Å². The molecule has 0 atom stereocenters. The molecule has 0 saturated heterocycles. The first-order valence-electron chi connectivity index (χ1n) is 5.79. The quantitative estimate of drug-likeness (QED) is 0.935. The van der Waals surface area contributed by atoms with Crippen molar-refractivity contribution in [2.24, 2.45) is 0 Å². The molecule has 1 N–H and O–H groups in total. The largest absolute Gasteiger partial charge is 0.240 e. The Morgan fingerprint density at radius 2 is 1.84 bits per heavy atom. The number of benzene rings is 2. The average Bonchev–Trinajstić information content (AvgIpc) is 2.38. The van der Waals surface area contributed by atoms with Gasteiger partial charge in [-0.3, -0.25) is 0 Å². The van der Waals surface area contributed by atoms with Crippen LogP contribution in [0.1, 0.15) is 11.1 Å². The van der Waals surface area contributed by atoms with Gasteiger partial charge >= 0.3 is 0 Å². The lowest BCUT2D eigenvalue weighted by atomic mass is 10.1. The summed E-state index contributed by atoms with van der Waals surface area (Å²) in [5, 5.41) is 0. The highest BCUT2D eigenvalue weighted by Crippen LogP contribution is 2.12. The number of hydrogen-bond donors (Lipinski definition) is 1. The van der Waals surface area contributed by atoms with E-state index in [2.05, 4.69) is 4.72 Å². The van der Waals surface area contributed by atoms with Gasteiger partial charge in [0, 0.05) is 6.54 Å². The Morgan fingerprint density at radius 1 is 1.11 bits per heavy atom. The molecule has 5 heteroatoms. The van der Waals surface area contributed by atoms with E-state index in [0.29, 0.717) is 0 Å². The van der Waals surface area contributed by atoms with E-state index in [1.54, 1.807) is 0 Å². The molecular weight excluding hydrogens is 265 g/mol. The van der Waals surface area contributed by atoms with Crippen LogP contribution in [0.5, 0.6) is 0 Å². The van der Waals surface area contributed by atoms with Crippen LogP contribution in [0.2, 0.25) is 0 Å². The van der Waals surface area contributed by atoms with Gasteiger partial charge in [0.15, 0.2) is 0 Å². The van der Waals surface area contributed by atoms with Crippen molar-refractivity contribution in [1.82, 2.24) is 4.72 Å². The van der Waals surface area contributed by atoms with Gasteiger partial charge in [0.05, 0.1) is 4.90 Å². The number of sulfonamides is 1. The number of rotatable bonds is 4. The first kappa shape index (κ1) is 13.7. The third-order valence-electron chi connectivity index (χ3n) is 2.82. The van der Waals surface area contributed by atoms with E-state index < -0.39 is 15.8 Å². The van der Waals surface area contributed by atoms with E-state index >= 15 is 0 Å². The molecule has 0 aliphatic rings. The summed E-state index contributed by atoms with van der Waals surface area (Å²) < 4.78 is 39.5. The molecule has 2 aromatic rings. The molecule has 0 spiro atoms. The Balaban J connectivity index is 2.17. The van der Waals surface area contributed by atoms with E-state index in [-0.39, 0.29) is 11.4 Å². The average molecular weight is 279 g/mol. The van der Waals surface area contributed by atoms with E-state index in [9.17, 15) is 12.8 Å². The van der Waals surface area contributed by atoms with Crippen LogP contribution in [-0.2, 0) is 16.6 Å². The zero-order valence-corrected chi connectivity index (χ0v) is 11.2. The number of halogens is 1. The van der Waals surface area contributed by atoms with Gasteiger partial charge in [0.2, 0.25) is 10.0 Å². The van der Waals surface area contributed by atoms with Gasteiger partial charge in [-0.15, -0.1) is 0 Å². The second-order valence-electron chi connectivity index (χ2n) is 4.21. The molecule has 3 nitrogen and oxygen atoms in total. The van der Waals surface area contributed by atoms with Crippen LogP contribution in [0.15, 0.2) is 53.4 Å². The van der Waals surface area contributed by atoms with Crippen molar-refractivity contribution in [2.75, 3.05) is 0 Å². The minimum Gasteiger partial charge on any atom is -0.207 e. The summed E-state index contributed by atoms with van der Waals surface area (Å²) in [5.41, 5.74) is 1.90. The maximum absolute atomic E-state index is 13.0. The van der Waals surface area contributed by atoms with Crippen LogP contribution in [0.4, 0.5) is 4.39 Å². The molecule has 0 bridgehead atoms. The Hall–Kier alpha value is -1.72. The zero-order valence-electron chi connectivity index (χ0n) is 10.4. The Morgan fingerprint density at radius 3 is 2.53 bits per heavy atom. The van der Waals surface area contributed by atoms with Crippen molar-refractivity contribution in [3.63, 3.8) is 0 Å². The highest BCUT2D eigenvalue weighted by atomic mass is 32.2. The van der Waals surface area contributed by atoms with E-state index in [1.165, 1.54) is 18.2 Å². The van der Waals surface area contributed by atoms with Gasteiger partial charge in [-0.2, -0.15) is 0 Å². The van der Waals surface area contributed by atoms with Crippen LogP contribution in [0.25, 0.3) is 0 Å². The highest BCUT2D eigenvalue weighted by Gasteiger charge is 2.14. The maximum atomic E-state index is 13.0. The summed E-state index contributed by atoms with van der Waals surface area (Å²) in [6.07, 6.45) is 0. The normalized spacial score (nSPS) is 11.5. The Bertz CT molecular complexity index is 683. The molecule has 19 heavy (non-hydrogen) atoms. The lowest BCUT2D eigenvalue weighted by Gasteiger charge is -2.08. The summed E-state index contributed by atoms with van der Waals surface area (Å²) in [5.74, 6) is -0.571. The van der Waals surface area contributed by atoms with E-state index in [0.717, 1.165) is 17.2 Å². The highest BCUT2D eigenvalue weighted by molar-refractivity contribution is 7.89. The molecule has 0 heterocycles. The van der Waals surface area contributed by atoms with Crippen molar-refractivity contribution in [3.8, 4) is 0 Å². The predicted molar refractivity (Wildman–Crippen MR) is 71.6 cm³/mol. The topological polar surface area (TPSA) is 46.2 Å². The zero-order chi connectivity index (χ0) is 13.9.